The van der Waals surface area contributed by atoms with E-state index in [4.69, 9.17) is 33.5 Å². The van der Waals surface area contributed by atoms with Crippen LogP contribution in [0.25, 0.3) is 0 Å². The summed E-state index contributed by atoms with van der Waals surface area (Å²) in [5.41, 5.74) is 0. The van der Waals surface area contributed by atoms with Crippen LogP contribution < -0.4 is 0 Å². The molecule has 0 bridgehead atoms. The molecule has 3 aliphatic rings. The molecule has 0 saturated carbocycles. The number of aliphatic hydroxyl groups is 15. The van der Waals surface area contributed by atoms with Crippen LogP contribution in [0.5, 0.6) is 0 Å². The van der Waals surface area contributed by atoms with Crippen molar-refractivity contribution in [3.8, 4) is 0 Å². The maximum atomic E-state index is 10.8. The smallest absolute Gasteiger partial charge is 0.187 e. The fourth-order valence-electron chi connectivity index (χ4n) is 5.14. The van der Waals surface area contributed by atoms with Crippen LogP contribution in [0.15, 0.2) is 0 Å². The third-order valence-corrected chi connectivity index (χ3v) is 7.85. The molecule has 45 heavy (non-hydrogen) atoms. The summed E-state index contributed by atoms with van der Waals surface area (Å²) in [7, 11) is 0. The van der Waals surface area contributed by atoms with Crippen LogP contribution in [0.2, 0.25) is 0 Å². The van der Waals surface area contributed by atoms with Gasteiger partial charge in [-0.25, -0.2) is 0 Å². The second kappa shape index (κ2) is 17.0. The zero-order valence-electron chi connectivity index (χ0n) is 23.7. The van der Waals surface area contributed by atoms with Gasteiger partial charge in [-0.3, -0.25) is 0 Å². The van der Waals surface area contributed by atoms with E-state index in [1.54, 1.807) is 0 Å². The molecule has 266 valence electrons. The lowest BCUT2D eigenvalue weighted by Gasteiger charge is -2.48. The summed E-state index contributed by atoms with van der Waals surface area (Å²) in [5.74, 6) is 0. The fraction of sp³-hybridized carbons (Fsp3) is 1.00. The Labute approximate surface area is 255 Å². The van der Waals surface area contributed by atoms with E-state index in [1.807, 2.05) is 0 Å². The van der Waals surface area contributed by atoms with E-state index in [-0.39, 0.29) is 0 Å². The Morgan fingerprint density at radius 1 is 0.467 bits per heavy atom. The summed E-state index contributed by atoms with van der Waals surface area (Å²) in [6, 6.07) is 0. The predicted octanol–water partition coefficient (Wildman–Crippen LogP) is -10.1. The molecule has 0 aromatic carbocycles. The van der Waals surface area contributed by atoms with Gasteiger partial charge in [0.05, 0.1) is 33.0 Å². The first-order chi connectivity index (χ1) is 21.2. The zero-order chi connectivity index (χ0) is 33.7. The maximum absolute atomic E-state index is 10.8. The van der Waals surface area contributed by atoms with Crippen LogP contribution in [0.1, 0.15) is 0 Å². The van der Waals surface area contributed by atoms with Gasteiger partial charge in [0.2, 0.25) is 0 Å². The van der Waals surface area contributed by atoms with Crippen molar-refractivity contribution in [2.45, 2.75) is 117 Å². The lowest BCUT2D eigenvalue weighted by atomic mass is 9.96. The highest BCUT2D eigenvalue weighted by Crippen LogP contribution is 2.33. The molecule has 0 aliphatic carbocycles. The van der Waals surface area contributed by atoms with Crippen LogP contribution in [0.3, 0.4) is 0 Å². The second-order valence-corrected chi connectivity index (χ2v) is 10.9. The third kappa shape index (κ3) is 8.43. The molecule has 21 nitrogen and oxygen atoms in total. The van der Waals surface area contributed by atoms with Gasteiger partial charge in [0.25, 0.3) is 0 Å². The van der Waals surface area contributed by atoms with Crippen molar-refractivity contribution in [3.63, 3.8) is 0 Å². The van der Waals surface area contributed by atoms with E-state index < -0.39 is 150 Å². The minimum absolute atomic E-state index is 0.792. The Hall–Kier alpha value is -0.840. The van der Waals surface area contributed by atoms with Crippen molar-refractivity contribution in [2.24, 2.45) is 0 Å². The van der Waals surface area contributed by atoms with Gasteiger partial charge in [-0.15, -0.1) is 0 Å². The molecule has 0 radical (unpaired) electrons. The standard InChI is InChI=1S/C24H44O21/c25-1-6(30)11(32)19(7(31)2-26)43-23-17(38)14(35)21(9(4-28)41-23)45-24-18(39)15(36)20(10(5-29)42-24)44-22-16(37)13(34)12(33)8(3-27)40-22/h6-39H,1-5H2/t6-,7+,8+,9+,10+,11+,12-,13-,14+,15+,16+,17+,18+,19+,20-,21-,22+,23-,24-/m0/s1. The van der Waals surface area contributed by atoms with Crippen molar-refractivity contribution in [1.82, 2.24) is 0 Å². The number of rotatable bonds is 14. The van der Waals surface area contributed by atoms with Gasteiger partial charge in [-0.05, 0) is 0 Å². The van der Waals surface area contributed by atoms with Crippen molar-refractivity contribution in [1.29, 1.82) is 0 Å². The first-order valence-corrected chi connectivity index (χ1v) is 14.0. The Kier molecular flexibility index (Phi) is 14.6. The Morgan fingerprint density at radius 3 is 1.31 bits per heavy atom. The van der Waals surface area contributed by atoms with Crippen LogP contribution in [-0.4, -0.2) is 226 Å². The highest BCUT2D eigenvalue weighted by Gasteiger charge is 2.54. The number of aliphatic hydroxyl groups excluding tert-OH is 15. The Balaban J connectivity index is 1.72. The van der Waals surface area contributed by atoms with Crippen LogP contribution in [0, 0.1) is 0 Å². The highest BCUT2D eigenvalue weighted by molar-refractivity contribution is 4.97. The van der Waals surface area contributed by atoms with Gasteiger partial charge < -0.3 is 105 Å². The summed E-state index contributed by atoms with van der Waals surface area (Å²) in [6.45, 7) is -4.63. The van der Waals surface area contributed by atoms with Crippen molar-refractivity contribution >= 4 is 0 Å². The Morgan fingerprint density at radius 2 is 0.867 bits per heavy atom. The minimum Gasteiger partial charge on any atom is -0.394 e. The number of ether oxygens (including phenoxy) is 6. The summed E-state index contributed by atoms with van der Waals surface area (Å²) >= 11 is 0. The van der Waals surface area contributed by atoms with Gasteiger partial charge >= 0.3 is 0 Å². The van der Waals surface area contributed by atoms with Crippen molar-refractivity contribution in [3.05, 3.63) is 0 Å². The first kappa shape index (κ1) is 38.6. The molecule has 21 heteroatoms. The summed E-state index contributed by atoms with van der Waals surface area (Å²) in [4.78, 5) is 0. The van der Waals surface area contributed by atoms with E-state index >= 15 is 0 Å². The van der Waals surface area contributed by atoms with E-state index in [0.29, 0.717) is 0 Å². The minimum atomic E-state index is -2.08. The van der Waals surface area contributed by atoms with Crippen LogP contribution in [-0.2, 0) is 28.4 Å². The summed E-state index contributed by atoms with van der Waals surface area (Å²) in [6.07, 6.45) is -34.8. The molecule has 15 N–H and O–H groups in total. The largest absolute Gasteiger partial charge is 0.394 e. The normalized spacial score (nSPS) is 45.5. The van der Waals surface area contributed by atoms with E-state index in [1.165, 1.54) is 0 Å². The molecule has 3 rings (SSSR count). The SMILES string of the molecule is OC[C@@H](O)[C@@H](O[C@@H]1O[C@H](CO)[C@H](O[C@@H]2O[C@H](CO)[C@H](O[C@H]3O[C@H](CO)[C@H](O)[C@H](O)[C@H]3O)[C@H](O)[C@H]2O)[C@H](O)[C@H]1O)[C@H](O)[C@@H](O)CO. The van der Waals surface area contributed by atoms with Crippen LogP contribution in [0.4, 0.5) is 0 Å². The molecule has 3 aliphatic heterocycles. The lowest BCUT2D eigenvalue weighted by molar-refractivity contribution is -0.383. The van der Waals surface area contributed by atoms with Gasteiger partial charge in [-0.1, -0.05) is 0 Å². The monoisotopic (exact) mass is 668 g/mol. The molecule has 3 fully saturated rings. The highest BCUT2D eigenvalue weighted by atomic mass is 16.8. The van der Waals surface area contributed by atoms with E-state index in [9.17, 15) is 71.5 Å². The van der Waals surface area contributed by atoms with E-state index in [2.05, 4.69) is 0 Å². The Bertz CT molecular complexity index is 867. The first-order valence-electron chi connectivity index (χ1n) is 14.0. The topological polar surface area (TPSA) is 359 Å². The van der Waals surface area contributed by atoms with Gasteiger partial charge in [0.1, 0.15) is 97.7 Å². The molecule has 0 amide bonds. The zero-order valence-corrected chi connectivity index (χ0v) is 23.7. The second-order valence-electron chi connectivity index (χ2n) is 10.9. The summed E-state index contributed by atoms with van der Waals surface area (Å²) < 4.78 is 32.4. The maximum Gasteiger partial charge on any atom is 0.187 e. The molecule has 3 heterocycles. The summed E-state index contributed by atoms with van der Waals surface area (Å²) in [5, 5.41) is 151. The average Bonchev–Trinajstić information content (AvgIpc) is 3.04. The van der Waals surface area contributed by atoms with Gasteiger partial charge in [-0.2, -0.15) is 0 Å². The molecule has 3 saturated heterocycles. The molecule has 0 aromatic heterocycles. The number of hydrogen-bond acceptors (Lipinski definition) is 21. The van der Waals surface area contributed by atoms with Crippen molar-refractivity contribution in [2.75, 3.05) is 33.0 Å². The molecule has 19 atom stereocenters. The molecule has 0 unspecified atom stereocenters. The lowest BCUT2D eigenvalue weighted by Crippen LogP contribution is -2.67. The average molecular weight is 669 g/mol. The molecule has 0 spiro atoms. The van der Waals surface area contributed by atoms with Crippen molar-refractivity contribution < 1.29 is 105 Å². The molecular weight excluding hydrogens is 624 g/mol. The van der Waals surface area contributed by atoms with Gasteiger partial charge in [0, 0.05) is 0 Å². The van der Waals surface area contributed by atoms with Gasteiger partial charge in [0.15, 0.2) is 18.9 Å². The van der Waals surface area contributed by atoms with E-state index in [0.717, 1.165) is 0 Å². The third-order valence-electron chi connectivity index (χ3n) is 7.85. The predicted molar refractivity (Wildman–Crippen MR) is 136 cm³/mol. The molecular formula is C24H44O21. The number of hydrogen-bond donors (Lipinski definition) is 15. The molecule has 0 aromatic rings. The quantitative estimate of drug-likeness (QED) is 0.0816. The fourth-order valence-corrected chi connectivity index (χ4v) is 5.14. The van der Waals surface area contributed by atoms with Crippen LogP contribution >= 0.6 is 0 Å².